The van der Waals surface area contributed by atoms with Crippen molar-refractivity contribution in [1.82, 2.24) is 10.6 Å². The lowest BCUT2D eigenvalue weighted by Crippen LogP contribution is -2.56. The van der Waals surface area contributed by atoms with Gasteiger partial charge in [-0.2, -0.15) is 0 Å². The monoisotopic (exact) mass is 656 g/mol. The number of hydrogen-bond acceptors (Lipinski definition) is 6. The van der Waals surface area contributed by atoms with E-state index >= 15 is 0 Å². The molecule has 0 aromatic heterocycles. The first-order valence-electron chi connectivity index (χ1n) is 16.2. The van der Waals surface area contributed by atoms with Crippen LogP contribution in [0.3, 0.4) is 0 Å². The Bertz CT molecular complexity index is 1690. The molecule has 248 valence electrons. The molecule has 0 bridgehead atoms. The largest absolute Gasteiger partial charge is 0.389 e. The molecule has 0 spiro atoms. The summed E-state index contributed by atoms with van der Waals surface area (Å²) in [4.78, 5) is 27.6. The fraction of sp³-hybridized carbons (Fsp3) is 0.421. The van der Waals surface area contributed by atoms with Gasteiger partial charge in [0.2, 0.25) is 11.8 Å². The van der Waals surface area contributed by atoms with Crippen LogP contribution < -0.4 is 10.6 Å². The Balaban J connectivity index is 1.55. The number of fused-ring (bicyclic) bond motifs is 1. The number of rotatable bonds is 15. The number of aliphatic hydroxyl groups is 2. The van der Waals surface area contributed by atoms with Gasteiger partial charge in [-0.1, -0.05) is 92.8 Å². The molecule has 3 aromatic rings. The predicted octanol–water partition coefficient (Wildman–Crippen LogP) is 4.18. The number of carbonyl (C=O) groups excluding carboxylic acids is 2. The van der Waals surface area contributed by atoms with Gasteiger partial charge in [0.05, 0.1) is 28.7 Å². The summed E-state index contributed by atoms with van der Waals surface area (Å²) in [5.74, 6) is 2.24. The van der Waals surface area contributed by atoms with Crippen molar-refractivity contribution in [2.24, 2.45) is 11.8 Å². The Morgan fingerprint density at radius 3 is 2.17 bits per heavy atom. The second kappa shape index (κ2) is 17.1. The Morgan fingerprint density at radius 2 is 1.49 bits per heavy atom. The Labute approximate surface area is 278 Å². The van der Waals surface area contributed by atoms with Crippen molar-refractivity contribution in [1.29, 1.82) is 0 Å². The van der Waals surface area contributed by atoms with Gasteiger partial charge in [0.25, 0.3) is 0 Å². The maximum Gasteiger partial charge on any atom is 0.243 e. The molecular formula is C38H44N2O6S. The number of sulfone groups is 1. The van der Waals surface area contributed by atoms with E-state index in [1.807, 2.05) is 54.6 Å². The van der Waals surface area contributed by atoms with E-state index in [-0.39, 0.29) is 30.1 Å². The quantitative estimate of drug-likeness (QED) is 0.182. The molecule has 4 N–H and O–H groups in total. The van der Waals surface area contributed by atoms with Crippen LogP contribution in [0.15, 0.2) is 77.7 Å². The molecule has 0 saturated heterocycles. The molecule has 5 atom stereocenters. The first-order chi connectivity index (χ1) is 22.6. The van der Waals surface area contributed by atoms with E-state index < -0.39 is 57.6 Å². The molecule has 1 aliphatic carbocycles. The van der Waals surface area contributed by atoms with Crippen LogP contribution in [0.5, 0.6) is 0 Å². The lowest BCUT2D eigenvalue weighted by atomic mass is 9.82. The van der Waals surface area contributed by atoms with Crippen molar-refractivity contribution in [3.05, 3.63) is 78.4 Å². The summed E-state index contributed by atoms with van der Waals surface area (Å²) < 4.78 is 27.4. The van der Waals surface area contributed by atoms with Gasteiger partial charge in [-0.15, -0.1) is 24.7 Å². The molecule has 0 unspecified atom stereocenters. The van der Waals surface area contributed by atoms with Gasteiger partial charge < -0.3 is 20.8 Å². The number of carbonyl (C=O) groups is 2. The van der Waals surface area contributed by atoms with Crippen LogP contribution in [0, 0.1) is 36.5 Å². The number of aliphatic hydroxyl groups excluding tert-OH is 2. The van der Waals surface area contributed by atoms with E-state index in [4.69, 9.17) is 12.8 Å². The third-order valence-corrected chi connectivity index (χ3v) is 10.7. The molecule has 0 radical (unpaired) electrons. The van der Waals surface area contributed by atoms with E-state index in [2.05, 4.69) is 22.5 Å². The molecule has 9 heteroatoms. The number of hydrogen-bond donors (Lipinski definition) is 4. The maximum atomic E-state index is 13.9. The van der Waals surface area contributed by atoms with E-state index in [0.29, 0.717) is 6.42 Å². The van der Waals surface area contributed by atoms with E-state index in [0.717, 1.165) is 48.4 Å². The molecule has 2 amide bonds. The summed E-state index contributed by atoms with van der Waals surface area (Å²) in [5.41, 5.74) is 0.762. The Morgan fingerprint density at radius 1 is 0.830 bits per heavy atom. The first-order valence-corrected chi connectivity index (χ1v) is 17.9. The zero-order chi connectivity index (χ0) is 33.8. The highest BCUT2D eigenvalue weighted by atomic mass is 32.2. The highest BCUT2D eigenvalue weighted by Gasteiger charge is 2.34. The molecule has 3 aromatic carbocycles. The minimum Gasteiger partial charge on any atom is -0.389 e. The molecule has 0 aliphatic heterocycles. The topological polar surface area (TPSA) is 133 Å². The van der Waals surface area contributed by atoms with E-state index in [1.165, 1.54) is 6.07 Å². The van der Waals surface area contributed by atoms with Crippen LogP contribution >= 0.6 is 0 Å². The second-order valence-electron chi connectivity index (χ2n) is 12.5. The molecule has 0 heterocycles. The van der Waals surface area contributed by atoms with Crippen LogP contribution in [0.1, 0.15) is 56.9 Å². The number of nitrogens with one attached hydrogen (secondary N) is 2. The van der Waals surface area contributed by atoms with Gasteiger partial charge in [0.15, 0.2) is 9.84 Å². The van der Waals surface area contributed by atoms with Crippen LogP contribution in [-0.4, -0.2) is 60.5 Å². The van der Waals surface area contributed by atoms with Gasteiger partial charge in [-0.05, 0) is 47.2 Å². The number of benzene rings is 3. The lowest BCUT2D eigenvalue weighted by Gasteiger charge is -2.33. The normalized spacial score (nSPS) is 16.9. The van der Waals surface area contributed by atoms with Crippen molar-refractivity contribution in [3.63, 3.8) is 0 Å². The fourth-order valence-corrected chi connectivity index (χ4v) is 7.90. The zero-order valence-electron chi connectivity index (χ0n) is 26.6. The van der Waals surface area contributed by atoms with Crippen LogP contribution in [0.2, 0.25) is 0 Å². The standard InChI is InChI=1S/C38H44N2O6S/c1-3-13-33(38(44)40-34(36(42)35(41)14-4-2)24-28-17-9-6-10-18-28)39-37(43)31(23-27-15-7-5-8-16-27)26-47(45,46)32-22-21-29-19-11-12-20-30(29)25-32/h1-2,5,7-8,11-12,15-16,19-22,25,28,31,33-36,41-42H,6,9-10,13-14,17-18,23-24,26H2,(H,39,43)(H,40,44)/t31-,33+,34+,35+,36-/m1/s1. The van der Waals surface area contributed by atoms with Crippen molar-refractivity contribution < 1.29 is 28.2 Å². The average Bonchev–Trinajstić information content (AvgIpc) is 3.07. The van der Waals surface area contributed by atoms with Gasteiger partial charge in [0, 0.05) is 12.8 Å². The molecule has 1 fully saturated rings. The van der Waals surface area contributed by atoms with Crippen LogP contribution in [0.25, 0.3) is 10.8 Å². The highest BCUT2D eigenvalue weighted by molar-refractivity contribution is 7.91. The third kappa shape index (κ3) is 10.2. The maximum absolute atomic E-state index is 13.9. The molecule has 4 rings (SSSR count). The average molecular weight is 657 g/mol. The first kappa shape index (κ1) is 35.7. The summed E-state index contributed by atoms with van der Waals surface area (Å²) >= 11 is 0. The molecule has 1 saturated carbocycles. The summed E-state index contributed by atoms with van der Waals surface area (Å²) in [7, 11) is -3.92. The fourth-order valence-electron chi connectivity index (χ4n) is 6.32. The summed E-state index contributed by atoms with van der Waals surface area (Å²) in [6, 6.07) is 19.4. The summed E-state index contributed by atoms with van der Waals surface area (Å²) in [5, 5.41) is 28.7. The SMILES string of the molecule is C#CC[C@H](NC(=O)[C@H](Cc1ccccc1)CS(=O)(=O)c1ccc2ccccc2c1)C(=O)N[C@@H](CC1CCCCC1)[C@@H](O)[C@@H](O)CC#C. The molecule has 8 nitrogen and oxygen atoms in total. The van der Waals surface area contributed by atoms with Crippen molar-refractivity contribution in [3.8, 4) is 24.7 Å². The van der Waals surface area contributed by atoms with Gasteiger partial charge in [0.1, 0.15) is 12.1 Å². The van der Waals surface area contributed by atoms with Gasteiger partial charge in [-0.3, -0.25) is 9.59 Å². The highest BCUT2D eigenvalue weighted by Crippen LogP contribution is 2.29. The zero-order valence-corrected chi connectivity index (χ0v) is 27.4. The van der Waals surface area contributed by atoms with Gasteiger partial charge >= 0.3 is 0 Å². The second-order valence-corrected chi connectivity index (χ2v) is 14.5. The van der Waals surface area contributed by atoms with Crippen molar-refractivity contribution >= 4 is 32.4 Å². The summed E-state index contributed by atoms with van der Waals surface area (Å²) in [6.45, 7) is 0. The predicted molar refractivity (Wildman–Crippen MR) is 184 cm³/mol. The minimum absolute atomic E-state index is 0.0877. The van der Waals surface area contributed by atoms with Crippen molar-refractivity contribution in [2.45, 2.75) is 87.0 Å². The number of terminal acetylenes is 2. The molecule has 47 heavy (non-hydrogen) atoms. The van der Waals surface area contributed by atoms with E-state index in [9.17, 15) is 28.2 Å². The lowest BCUT2D eigenvalue weighted by molar-refractivity contribution is -0.132. The Hall–Kier alpha value is -4.15. The number of amides is 2. The van der Waals surface area contributed by atoms with Crippen molar-refractivity contribution in [2.75, 3.05) is 5.75 Å². The van der Waals surface area contributed by atoms with Gasteiger partial charge in [-0.25, -0.2) is 8.42 Å². The van der Waals surface area contributed by atoms with E-state index in [1.54, 1.807) is 12.1 Å². The van der Waals surface area contributed by atoms with Crippen LogP contribution in [0.4, 0.5) is 0 Å². The molecular weight excluding hydrogens is 612 g/mol. The minimum atomic E-state index is -3.92. The smallest absolute Gasteiger partial charge is 0.243 e. The van der Waals surface area contributed by atoms with Crippen LogP contribution in [-0.2, 0) is 25.8 Å². The summed E-state index contributed by atoms with van der Waals surface area (Å²) in [6.07, 6.45) is 13.8. The molecule has 1 aliphatic rings. The third-order valence-electron chi connectivity index (χ3n) is 8.92. The Kier molecular flexibility index (Phi) is 13.0.